The molecular formula is C14H18BrNO2. The zero-order valence-electron chi connectivity index (χ0n) is 10.4. The molecule has 3 nitrogen and oxygen atoms in total. The van der Waals surface area contributed by atoms with Crippen molar-refractivity contribution in [2.45, 2.75) is 38.6 Å². The fourth-order valence-electron chi connectivity index (χ4n) is 2.50. The first kappa shape index (κ1) is 13.4. The minimum absolute atomic E-state index is 0.194. The molecule has 1 fully saturated rings. The fourth-order valence-corrected chi connectivity index (χ4v) is 3.11. The fraction of sp³-hybridized carbons (Fsp3) is 0.500. The number of aliphatic carboxylic acids is 1. The van der Waals surface area contributed by atoms with Gasteiger partial charge in [0.2, 0.25) is 0 Å². The monoisotopic (exact) mass is 311 g/mol. The Morgan fingerprint density at radius 1 is 1.44 bits per heavy atom. The van der Waals surface area contributed by atoms with Gasteiger partial charge < -0.3 is 10.4 Å². The number of hydrogen-bond acceptors (Lipinski definition) is 2. The van der Waals surface area contributed by atoms with Gasteiger partial charge in [0.1, 0.15) is 0 Å². The van der Waals surface area contributed by atoms with Gasteiger partial charge in [-0.05, 0) is 59.8 Å². The van der Waals surface area contributed by atoms with Crippen LogP contribution in [-0.2, 0) is 4.79 Å². The quantitative estimate of drug-likeness (QED) is 0.892. The Hall–Kier alpha value is -1.03. The largest absolute Gasteiger partial charge is 0.481 e. The Labute approximate surface area is 116 Å². The molecule has 0 aromatic heterocycles. The molecule has 1 aromatic carbocycles. The number of carboxylic acids is 1. The van der Waals surface area contributed by atoms with Crippen LogP contribution in [0.5, 0.6) is 0 Å². The number of nitrogens with one attached hydrogen (secondary N) is 1. The van der Waals surface area contributed by atoms with Gasteiger partial charge in [0, 0.05) is 16.2 Å². The lowest BCUT2D eigenvalue weighted by Crippen LogP contribution is -2.31. The van der Waals surface area contributed by atoms with Crippen molar-refractivity contribution in [1.82, 2.24) is 0 Å². The van der Waals surface area contributed by atoms with Crippen LogP contribution in [0.4, 0.5) is 5.69 Å². The van der Waals surface area contributed by atoms with Crippen LogP contribution in [0.3, 0.4) is 0 Å². The molecule has 2 rings (SSSR count). The highest BCUT2D eigenvalue weighted by molar-refractivity contribution is 9.10. The number of rotatable bonds is 3. The predicted molar refractivity (Wildman–Crippen MR) is 75.9 cm³/mol. The molecule has 0 bridgehead atoms. The van der Waals surface area contributed by atoms with Gasteiger partial charge >= 0.3 is 5.97 Å². The molecule has 98 valence electrons. The molecular weight excluding hydrogens is 294 g/mol. The number of carbonyl (C=O) groups is 1. The lowest BCUT2D eigenvalue weighted by molar-refractivity contribution is -0.142. The third-order valence-corrected chi connectivity index (χ3v) is 4.16. The van der Waals surface area contributed by atoms with E-state index in [4.69, 9.17) is 5.11 Å². The Balaban J connectivity index is 2.02. The summed E-state index contributed by atoms with van der Waals surface area (Å²) in [6, 6.07) is 6.44. The molecule has 0 amide bonds. The van der Waals surface area contributed by atoms with Gasteiger partial charge in [-0.3, -0.25) is 4.79 Å². The molecule has 1 aliphatic rings. The van der Waals surface area contributed by atoms with E-state index >= 15 is 0 Å². The van der Waals surface area contributed by atoms with Crippen LogP contribution in [-0.4, -0.2) is 17.1 Å². The molecule has 1 aliphatic carbocycles. The second-order valence-electron chi connectivity index (χ2n) is 5.03. The summed E-state index contributed by atoms with van der Waals surface area (Å²) in [5.41, 5.74) is 2.26. The molecule has 0 radical (unpaired) electrons. The summed E-state index contributed by atoms with van der Waals surface area (Å²) < 4.78 is 1.04. The number of carboxylic acid groups (broad SMARTS) is 1. The SMILES string of the molecule is Cc1ccc(NC2CCCC(C(=O)O)C2)c(Br)c1. The Morgan fingerprint density at radius 3 is 2.89 bits per heavy atom. The number of anilines is 1. The Kier molecular flexibility index (Phi) is 4.27. The van der Waals surface area contributed by atoms with E-state index in [2.05, 4.69) is 40.3 Å². The molecule has 2 N–H and O–H groups in total. The summed E-state index contributed by atoms with van der Waals surface area (Å²) in [6.07, 6.45) is 3.56. The van der Waals surface area contributed by atoms with E-state index in [0.717, 1.165) is 35.8 Å². The summed E-state index contributed by atoms with van der Waals surface area (Å²) in [5, 5.41) is 12.5. The second-order valence-corrected chi connectivity index (χ2v) is 5.88. The lowest BCUT2D eigenvalue weighted by atomic mass is 9.85. The lowest BCUT2D eigenvalue weighted by Gasteiger charge is -2.28. The molecule has 2 atom stereocenters. The maximum absolute atomic E-state index is 11.0. The highest BCUT2D eigenvalue weighted by atomic mass is 79.9. The third kappa shape index (κ3) is 3.25. The minimum atomic E-state index is -0.663. The first-order valence-electron chi connectivity index (χ1n) is 6.32. The molecule has 0 heterocycles. The number of hydrogen-bond donors (Lipinski definition) is 2. The van der Waals surface area contributed by atoms with Crippen molar-refractivity contribution in [2.24, 2.45) is 5.92 Å². The topological polar surface area (TPSA) is 49.3 Å². The van der Waals surface area contributed by atoms with Crippen LogP contribution in [0.1, 0.15) is 31.2 Å². The summed E-state index contributed by atoms with van der Waals surface area (Å²) in [6.45, 7) is 2.05. The zero-order chi connectivity index (χ0) is 13.1. The van der Waals surface area contributed by atoms with E-state index in [1.54, 1.807) is 0 Å². The molecule has 0 saturated heterocycles. The normalized spacial score (nSPS) is 23.7. The molecule has 1 saturated carbocycles. The number of halogens is 1. The molecule has 2 unspecified atom stereocenters. The second kappa shape index (κ2) is 5.74. The first-order valence-corrected chi connectivity index (χ1v) is 7.11. The van der Waals surface area contributed by atoms with Gasteiger partial charge in [-0.15, -0.1) is 0 Å². The van der Waals surface area contributed by atoms with Crippen molar-refractivity contribution in [1.29, 1.82) is 0 Å². The molecule has 0 aliphatic heterocycles. The minimum Gasteiger partial charge on any atom is -0.481 e. The van der Waals surface area contributed by atoms with E-state index in [0.29, 0.717) is 0 Å². The van der Waals surface area contributed by atoms with E-state index in [-0.39, 0.29) is 12.0 Å². The van der Waals surface area contributed by atoms with Crippen molar-refractivity contribution >= 4 is 27.6 Å². The summed E-state index contributed by atoms with van der Waals surface area (Å²) in [7, 11) is 0. The zero-order valence-corrected chi connectivity index (χ0v) is 12.0. The summed E-state index contributed by atoms with van der Waals surface area (Å²) >= 11 is 3.54. The average molecular weight is 312 g/mol. The predicted octanol–water partition coefficient (Wildman–Crippen LogP) is 3.81. The van der Waals surface area contributed by atoms with Crippen LogP contribution in [0, 0.1) is 12.8 Å². The summed E-state index contributed by atoms with van der Waals surface area (Å²) in [4.78, 5) is 11.0. The van der Waals surface area contributed by atoms with Gasteiger partial charge in [-0.2, -0.15) is 0 Å². The van der Waals surface area contributed by atoms with E-state index in [9.17, 15) is 4.79 Å². The number of benzene rings is 1. The van der Waals surface area contributed by atoms with Crippen LogP contribution >= 0.6 is 15.9 Å². The van der Waals surface area contributed by atoms with Crippen LogP contribution in [0.2, 0.25) is 0 Å². The Morgan fingerprint density at radius 2 is 2.22 bits per heavy atom. The van der Waals surface area contributed by atoms with Gasteiger partial charge in [0.25, 0.3) is 0 Å². The van der Waals surface area contributed by atoms with Crippen molar-refractivity contribution < 1.29 is 9.90 Å². The molecule has 4 heteroatoms. The van der Waals surface area contributed by atoms with Gasteiger partial charge in [-0.25, -0.2) is 0 Å². The van der Waals surface area contributed by atoms with Crippen molar-refractivity contribution in [2.75, 3.05) is 5.32 Å². The summed E-state index contributed by atoms with van der Waals surface area (Å²) in [5.74, 6) is -0.857. The molecule has 1 aromatic rings. The van der Waals surface area contributed by atoms with Crippen molar-refractivity contribution in [3.8, 4) is 0 Å². The first-order chi connectivity index (χ1) is 8.56. The van der Waals surface area contributed by atoms with Gasteiger partial charge in [0.05, 0.1) is 5.92 Å². The van der Waals surface area contributed by atoms with E-state index in [1.807, 2.05) is 6.07 Å². The standard InChI is InChI=1S/C14H18BrNO2/c1-9-5-6-13(12(15)7-9)16-11-4-2-3-10(8-11)14(17)18/h5-7,10-11,16H,2-4,8H2,1H3,(H,17,18). The molecule has 18 heavy (non-hydrogen) atoms. The molecule has 0 spiro atoms. The third-order valence-electron chi connectivity index (χ3n) is 3.51. The van der Waals surface area contributed by atoms with Crippen LogP contribution < -0.4 is 5.32 Å². The van der Waals surface area contributed by atoms with E-state index < -0.39 is 5.97 Å². The van der Waals surface area contributed by atoms with Crippen LogP contribution in [0.25, 0.3) is 0 Å². The van der Waals surface area contributed by atoms with E-state index in [1.165, 1.54) is 5.56 Å². The van der Waals surface area contributed by atoms with Crippen molar-refractivity contribution in [3.05, 3.63) is 28.2 Å². The average Bonchev–Trinajstić information content (AvgIpc) is 2.33. The number of aryl methyl sites for hydroxylation is 1. The smallest absolute Gasteiger partial charge is 0.306 e. The van der Waals surface area contributed by atoms with Crippen LogP contribution in [0.15, 0.2) is 22.7 Å². The van der Waals surface area contributed by atoms with Crippen molar-refractivity contribution in [3.63, 3.8) is 0 Å². The highest BCUT2D eigenvalue weighted by Crippen LogP contribution is 2.30. The highest BCUT2D eigenvalue weighted by Gasteiger charge is 2.26. The maximum atomic E-state index is 11.0. The maximum Gasteiger partial charge on any atom is 0.306 e. The Bertz CT molecular complexity index is 447. The van der Waals surface area contributed by atoms with Gasteiger partial charge in [-0.1, -0.05) is 12.5 Å². The van der Waals surface area contributed by atoms with Gasteiger partial charge in [0.15, 0.2) is 0 Å².